The van der Waals surface area contributed by atoms with Gasteiger partial charge in [0.2, 0.25) is 5.91 Å². The lowest BCUT2D eigenvalue weighted by molar-refractivity contribution is -0.384. The van der Waals surface area contributed by atoms with Crippen LogP contribution in [0.4, 0.5) is 17.1 Å². The van der Waals surface area contributed by atoms with Crippen LogP contribution >= 0.6 is 11.8 Å². The fraction of sp³-hybridized carbons (Fsp3) is 0.280. The minimum atomic E-state index is -0.560. The van der Waals surface area contributed by atoms with Crippen LogP contribution in [-0.2, 0) is 16.1 Å². The highest BCUT2D eigenvalue weighted by molar-refractivity contribution is 8.15. The van der Waals surface area contributed by atoms with E-state index in [2.05, 4.69) is 14.9 Å². The normalized spacial score (nSPS) is 19.2. The highest BCUT2D eigenvalue weighted by Gasteiger charge is 2.39. The Bertz CT molecular complexity index is 1280. The first-order valence-electron chi connectivity index (χ1n) is 11.5. The molecule has 0 N–H and O–H groups in total. The van der Waals surface area contributed by atoms with Gasteiger partial charge in [-0.15, -0.1) is 0 Å². The maximum Gasteiger partial charge on any atom is 0.269 e. The van der Waals surface area contributed by atoms with Gasteiger partial charge >= 0.3 is 0 Å². The molecule has 0 bridgehead atoms. The first-order chi connectivity index (χ1) is 17.5. The highest BCUT2D eigenvalue weighted by Crippen LogP contribution is 2.41. The van der Waals surface area contributed by atoms with Crippen LogP contribution in [0.5, 0.6) is 0 Å². The maximum absolute atomic E-state index is 13.5. The van der Waals surface area contributed by atoms with Crippen molar-refractivity contribution in [1.29, 1.82) is 0 Å². The van der Waals surface area contributed by atoms with Crippen molar-refractivity contribution in [3.05, 3.63) is 88.0 Å². The van der Waals surface area contributed by atoms with Crippen LogP contribution in [0.2, 0.25) is 0 Å². The van der Waals surface area contributed by atoms with E-state index in [1.54, 1.807) is 29.4 Å². The van der Waals surface area contributed by atoms with Gasteiger partial charge in [0, 0.05) is 37.1 Å². The number of amides is 1. The van der Waals surface area contributed by atoms with Gasteiger partial charge in [-0.2, -0.15) is 0 Å². The Morgan fingerprint density at radius 2 is 1.81 bits per heavy atom. The van der Waals surface area contributed by atoms with Gasteiger partial charge < -0.3 is 9.64 Å². The molecule has 3 heterocycles. The molecule has 2 aliphatic heterocycles. The van der Waals surface area contributed by atoms with Crippen LogP contribution in [0, 0.1) is 17.0 Å². The molecule has 1 unspecified atom stereocenters. The minimum Gasteiger partial charge on any atom is -0.378 e. The Morgan fingerprint density at radius 1 is 1.08 bits per heavy atom. The number of ether oxygens (including phenoxy) is 1. The Labute approximate surface area is 212 Å². The fourth-order valence-electron chi connectivity index (χ4n) is 4.00. The smallest absolute Gasteiger partial charge is 0.269 e. The Hall–Kier alpha value is -3.83. The van der Waals surface area contributed by atoms with Gasteiger partial charge in [-0.1, -0.05) is 23.9 Å². The first kappa shape index (κ1) is 23.9. The molecule has 0 aliphatic carbocycles. The van der Waals surface area contributed by atoms with Gasteiger partial charge in [-0.25, -0.2) is 4.99 Å². The Balaban J connectivity index is 1.43. The summed E-state index contributed by atoms with van der Waals surface area (Å²) in [5.41, 5.74) is 3.94. The number of nitrogens with zero attached hydrogens (tertiary/aromatic N) is 6. The predicted octanol–water partition coefficient (Wildman–Crippen LogP) is 4.03. The second kappa shape index (κ2) is 10.4. The lowest BCUT2D eigenvalue weighted by atomic mass is 10.1. The Morgan fingerprint density at radius 3 is 2.44 bits per heavy atom. The second-order valence-corrected chi connectivity index (χ2v) is 9.50. The number of nitro groups is 1. The SMILES string of the molecule is Cc1cnc(CN2C(=O)C(c3ccc([N+](=O)[O-])cc3)SC2=Nc2ccc(N3CCOCC3)cc2)cn1. The average Bonchev–Trinajstić information content (AvgIpc) is 3.21. The van der Waals surface area contributed by atoms with Gasteiger partial charge in [0.1, 0.15) is 5.25 Å². The molecule has 10 nitrogen and oxygen atoms in total. The number of non-ortho nitro benzene ring substituents is 1. The third kappa shape index (κ3) is 5.21. The third-order valence-corrected chi connectivity index (χ3v) is 7.19. The minimum absolute atomic E-state index is 0.0183. The van der Waals surface area contributed by atoms with Crippen molar-refractivity contribution < 1.29 is 14.5 Å². The van der Waals surface area contributed by atoms with E-state index in [0.717, 1.165) is 30.2 Å². The summed E-state index contributed by atoms with van der Waals surface area (Å²) in [6.07, 6.45) is 3.32. The quantitative estimate of drug-likeness (QED) is 0.365. The molecule has 1 aromatic heterocycles. The van der Waals surface area contributed by atoms with Gasteiger partial charge in [-0.05, 0) is 36.8 Å². The van der Waals surface area contributed by atoms with E-state index in [0.29, 0.717) is 29.6 Å². The molecule has 184 valence electrons. The summed E-state index contributed by atoms with van der Waals surface area (Å²) in [7, 11) is 0. The van der Waals surface area contributed by atoms with Gasteiger partial charge in [0.05, 0.1) is 48.0 Å². The van der Waals surface area contributed by atoms with Crippen LogP contribution in [-0.4, -0.2) is 57.2 Å². The molecular weight excluding hydrogens is 480 g/mol. The highest BCUT2D eigenvalue weighted by atomic mass is 32.2. The lowest BCUT2D eigenvalue weighted by Gasteiger charge is -2.28. The van der Waals surface area contributed by atoms with E-state index < -0.39 is 10.2 Å². The van der Waals surface area contributed by atoms with E-state index in [1.165, 1.54) is 23.9 Å². The van der Waals surface area contributed by atoms with Crippen LogP contribution in [0.25, 0.3) is 0 Å². The number of rotatable bonds is 6. The zero-order valence-corrected chi connectivity index (χ0v) is 20.4. The molecular formula is C25H24N6O4S. The molecule has 2 aromatic carbocycles. The summed E-state index contributed by atoms with van der Waals surface area (Å²) in [6, 6.07) is 14.0. The van der Waals surface area contributed by atoms with Crippen molar-refractivity contribution >= 4 is 39.9 Å². The van der Waals surface area contributed by atoms with Crippen LogP contribution in [0.3, 0.4) is 0 Å². The largest absolute Gasteiger partial charge is 0.378 e. The average molecular weight is 505 g/mol. The van der Waals surface area contributed by atoms with Crippen molar-refractivity contribution in [3.63, 3.8) is 0 Å². The first-order valence-corrected chi connectivity index (χ1v) is 12.4. The molecule has 2 aliphatic rings. The molecule has 2 fully saturated rings. The van der Waals surface area contributed by atoms with E-state index in [-0.39, 0.29) is 18.1 Å². The maximum atomic E-state index is 13.5. The molecule has 3 aromatic rings. The van der Waals surface area contributed by atoms with Crippen molar-refractivity contribution in [3.8, 4) is 0 Å². The summed E-state index contributed by atoms with van der Waals surface area (Å²) in [5.74, 6) is -0.153. The summed E-state index contributed by atoms with van der Waals surface area (Å²) in [5, 5.41) is 11.0. The predicted molar refractivity (Wildman–Crippen MR) is 137 cm³/mol. The molecule has 1 atom stereocenters. The lowest BCUT2D eigenvalue weighted by Crippen LogP contribution is -2.36. The summed E-state index contributed by atoms with van der Waals surface area (Å²) < 4.78 is 5.43. The molecule has 1 amide bonds. The molecule has 0 saturated carbocycles. The summed E-state index contributed by atoms with van der Waals surface area (Å²) in [4.78, 5) is 41.4. The number of hydrogen-bond donors (Lipinski definition) is 0. The number of carbonyl (C=O) groups excluding carboxylic acids is 1. The molecule has 5 rings (SSSR count). The van der Waals surface area contributed by atoms with Gasteiger partial charge in [0.25, 0.3) is 5.69 Å². The number of anilines is 1. The number of hydrogen-bond acceptors (Lipinski definition) is 9. The zero-order valence-electron chi connectivity index (χ0n) is 19.6. The molecule has 0 spiro atoms. The zero-order chi connectivity index (χ0) is 25.1. The van der Waals surface area contributed by atoms with Crippen LogP contribution in [0.15, 0.2) is 65.9 Å². The molecule has 36 heavy (non-hydrogen) atoms. The number of carbonyl (C=O) groups is 1. The number of benzene rings is 2. The molecule has 0 radical (unpaired) electrons. The number of aromatic nitrogens is 2. The van der Waals surface area contributed by atoms with E-state index >= 15 is 0 Å². The third-order valence-electron chi connectivity index (χ3n) is 5.96. The van der Waals surface area contributed by atoms with Gasteiger partial charge in [0.15, 0.2) is 5.17 Å². The number of aryl methyl sites for hydroxylation is 1. The van der Waals surface area contributed by atoms with Crippen molar-refractivity contribution in [1.82, 2.24) is 14.9 Å². The van der Waals surface area contributed by atoms with Crippen molar-refractivity contribution in [2.75, 3.05) is 31.2 Å². The summed E-state index contributed by atoms with van der Waals surface area (Å²) in [6.45, 7) is 5.20. The molecule has 11 heteroatoms. The Kier molecular flexibility index (Phi) is 6.92. The number of morpholine rings is 1. The van der Waals surface area contributed by atoms with Gasteiger partial charge in [-0.3, -0.25) is 29.8 Å². The summed E-state index contributed by atoms with van der Waals surface area (Å²) >= 11 is 1.33. The monoisotopic (exact) mass is 504 g/mol. The second-order valence-electron chi connectivity index (χ2n) is 8.43. The van der Waals surface area contributed by atoms with Crippen molar-refractivity contribution in [2.45, 2.75) is 18.7 Å². The number of thioether (sulfide) groups is 1. The van der Waals surface area contributed by atoms with E-state index in [9.17, 15) is 14.9 Å². The number of nitro benzene ring substituents is 1. The fourth-order valence-corrected chi connectivity index (χ4v) is 5.17. The standard InChI is InChI=1S/C25H24N6O4S/c1-17-14-27-20(15-26-17)16-30-24(32)23(18-2-6-22(7-3-18)31(33)34)36-25(30)28-19-4-8-21(9-5-19)29-10-12-35-13-11-29/h2-9,14-15,23H,10-13,16H2,1H3. The van der Waals surface area contributed by atoms with Crippen LogP contribution < -0.4 is 4.90 Å². The topological polar surface area (TPSA) is 114 Å². The number of aliphatic imine (C=N–C) groups is 1. The molecule has 2 saturated heterocycles. The van der Waals surface area contributed by atoms with Crippen LogP contribution in [0.1, 0.15) is 22.2 Å². The van der Waals surface area contributed by atoms with E-state index in [1.807, 2.05) is 31.2 Å². The van der Waals surface area contributed by atoms with E-state index in [4.69, 9.17) is 9.73 Å². The van der Waals surface area contributed by atoms with Crippen molar-refractivity contribution in [2.24, 2.45) is 4.99 Å². The number of amidine groups is 1.